The molecule has 1 fully saturated rings. The molecular formula is C23H24N4O3. The van der Waals surface area contributed by atoms with Crippen LogP contribution in [0.3, 0.4) is 0 Å². The molecule has 7 nitrogen and oxygen atoms in total. The van der Waals surface area contributed by atoms with Gasteiger partial charge in [0.2, 0.25) is 0 Å². The van der Waals surface area contributed by atoms with Crippen LogP contribution in [-0.4, -0.2) is 47.2 Å². The van der Waals surface area contributed by atoms with Crippen molar-refractivity contribution in [1.29, 1.82) is 5.26 Å². The number of benzene rings is 1. The maximum Gasteiger partial charge on any atom is 0.272 e. The topological polar surface area (TPSA) is 80.4 Å². The van der Waals surface area contributed by atoms with Crippen LogP contribution in [0.5, 0.6) is 11.5 Å². The molecular weight excluding hydrogens is 380 g/mol. The smallest absolute Gasteiger partial charge is 0.272 e. The van der Waals surface area contributed by atoms with Crippen molar-refractivity contribution in [3.05, 3.63) is 53.9 Å². The first-order valence-corrected chi connectivity index (χ1v) is 10.0. The number of methoxy groups -OCH3 is 1. The van der Waals surface area contributed by atoms with E-state index in [9.17, 15) is 4.79 Å². The third-order valence-electron chi connectivity index (χ3n) is 5.51. The summed E-state index contributed by atoms with van der Waals surface area (Å²) in [6, 6.07) is 12.9. The summed E-state index contributed by atoms with van der Waals surface area (Å²) in [5, 5.41) is 10.1. The second-order valence-corrected chi connectivity index (χ2v) is 7.58. The number of ether oxygens (including phenoxy) is 2. The third-order valence-corrected chi connectivity index (χ3v) is 5.51. The SMILES string of the molecule is COc1cc(C#N)ccc1OCC1CCCN(C(=O)c2ccc3ccn(C)c3n2)C1. The van der Waals surface area contributed by atoms with E-state index < -0.39 is 0 Å². The molecule has 0 bridgehead atoms. The Morgan fingerprint density at radius 2 is 2.13 bits per heavy atom. The highest BCUT2D eigenvalue weighted by molar-refractivity contribution is 5.94. The van der Waals surface area contributed by atoms with Crippen LogP contribution >= 0.6 is 0 Å². The van der Waals surface area contributed by atoms with Crippen molar-refractivity contribution < 1.29 is 14.3 Å². The van der Waals surface area contributed by atoms with E-state index in [-0.39, 0.29) is 11.8 Å². The van der Waals surface area contributed by atoms with E-state index in [1.807, 2.05) is 34.8 Å². The number of hydrogen-bond acceptors (Lipinski definition) is 5. The predicted octanol–water partition coefficient (Wildman–Crippen LogP) is 3.38. The van der Waals surface area contributed by atoms with Crippen molar-refractivity contribution in [3.63, 3.8) is 0 Å². The Balaban J connectivity index is 1.42. The summed E-state index contributed by atoms with van der Waals surface area (Å²) >= 11 is 0. The standard InChI is InChI=1S/C23H24N4O3/c1-26-11-9-18-6-7-19(25-22(18)26)23(28)27-10-3-4-17(14-27)15-30-20-8-5-16(13-24)12-21(20)29-2/h5-9,11-12,17H,3-4,10,14-15H2,1-2H3. The number of carbonyl (C=O) groups excluding carboxylic acids is 1. The molecule has 3 heterocycles. The number of nitrogens with zero attached hydrogens (tertiary/aromatic N) is 4. The number of nitriles is 1. The number of rotatable bonds is 5. The highest BCUT2D eigenvalue weighted by atomic mass is 16.5. The van der Waals surface area contributed by atoms with Gasteiger partial charge in [-0.15, -0.1) is 0 Å². The lowest BCUT2D eigenvalue weighted by molar-refractivity contribution is 0.0626. The molecule has 0 N–H and O–H groups in total. The molecule has 0 radical (unpaired) electrons. The molecule has 0 spiro atoms. The Hall–Kier alpha value is -3.53. The van der Waals surface area contributed by atoms with Gasteiger partial charge in [0.05, 0.1) is 25.3 Å². The lowest BCUT2D eigenvalue weighted by atomic mass is 9.98. The number of amides is 1. The van der Waals surface area contributed by atoms with Crippen LogP contribution in [-0.2, 0) is 7.05 Å². The molecule has 2 aromatic heterocycles. The van der Waals surface area contributed by atoms with E-state index in [0.29, 0.717) is 35.9 Å². The van der Waals surface area contributed by atoms with Crippen molar-refractivity contribution in [2.24, 2.45) is 13.0 Å². The van der Waals surface area contributed by atoms with Gasteiger partial charge in [-0.2, -0.15) is 5.26 Å². The van der Waals surface area contributed by atoms with Crippen LogP contribution in [0.1, 0.15) is 28.9 Å². The van der Waals surface area contributed by atoms with Crippen molar-refractivity contribution >= 4 is 16.9 Å². The Morgan fingerprint density at radius 3 is 2.93 bits per heavy atom. The van der Waals surface area contributed by atoms with Crippen LogP contribution < -0.4 is 9.47 Å². The second-order valence-electron chi connectivity index (χ2n) is 7.58. The molecule has 3 aromatic rings. The van der Waals surface area contributed by atoms with E-state index >= 15 is 0 Å². The molecule has 0 aliphatic carbocycles. The van der Waals surface area contributed by atoms with Gasteiger partial charge in [-0.05, 0) is 43.2 Å². The van der Waals surface area contributed by atoms with Gasteiger partial charge < -0.3 is 18.9 Å². The van der Waals surface area contributed by atoms with Crippen molar-refractivity contribution in [3.8, 4) is 17.6 Å². The summed E-state index contributed by atoms with van der Waals surface area (Å²) in [5.41, 5.74) is 1.81. The predicted molar refractivity (Wildman–Crippen MR) is 113 cm³/mol. The summed E-state index contributed by atoms with van der Waals surface area (Å²) in [6.45, 7) is 1.84. The van der Waals surface area contributed by atoms with E-state index in [0.717, 1.165) is 30.4 Å². The Morgan fingerprint density at radius 1 is 1.27 bits per heavy atom. The van der Waals surface area contributed by atoms with E-state index in [4.69, 9.17) is 14.7 Å². The molecule has 0 saturated carbocycles. The fraction of sp³-hybridized carbons (Fsp3) is 0.348. The van der Waals surface area contributed by atoms with Gasteiger partial charge in [0, 0.05) is 43.7 Å². The molecule has 1 saturated heterocycles. The molecule has 1 atom stereocenters. The normalized spacial score (nSPS) is 16.3. The van der Waals surface area contributed by atoms with Gasteiger partial charge in [0.15, 0.2) is 11.5 Å². The first-order valence-electron chi connectivity index (χ1n) is 10.0. The quantitative estimate of drug-likeness (QED) is 0.651. The average molecular weight is 404 g/mol. The van der Waals surface area contributed by atoms with Crippen molar-refractivity contribution in [1.82, 2.24) is 14.5 Å². The summed E-state index contributed by atoms with van der Waals surface area (Å²) in [5.74, 6) is 1.33. The fourth-order valence-electron chi connectivity index (χ4n) is 3.87. The number of pyridine rings is 1. The van der Waals surface area contributed by atoms with Gasteiger partial charge >= 0.3 is 0 Å². The van der Waals surface area contributed by atoms with Crippen LogP contribution in [0.25, 0.3) is 11.0 Å². The molecule has 154 valence electrons. The molecule has 7 heteroatoms. The summed E-state index contributed by atoms with van der Waals surface area (Å²) < 4.78 is 13.2. The van der Waals surface area contributed by atoms with Crippen molar-refractivity contribution in [2.75, 3.05) is 26.8 Å². The highest BCUT2D eigenvalue weighted by Gasteiger charge is 2.26. The minimum absolute atomic E-state index is 0.0428. The van der Waals surface area contributed by atoms with Crippen LogP contribution in [0.15, 0.2) is 42.6 Å². The number of fused-ring (bicyclic) bond motifs is 1. The van der Waals surface area contributed by atoms with E-state index in [1.54, 1.807) is 31.4 Å². The first kappa shape index (κ1) is 19.8. The number of aryl methyl sites for hydroxylation is 1. The third kappa shape index (κ3) is 3.94. The largest absolute Gasteiger partial charge is 0.493 e. The zero-order valence-electron chi connectivity index (χ0n) is 17.2. The molecule has 1 aromatic carbocycles. The first-order chi connectivity index (χ1) is 14.6. The van der Waals surface area contributed by atoms with Gasteiger partial charge in [-0.1, -0.05) is 0 Å². The number of hydrogen-bond donors (Lipinski definition) is 0. The minimum atomic E-state index is -0.0428. The van der Waals surface area contributed by atoms with Gasteiger partial charge in [-0.3, -0.25) is 4.79 Å². The Bertz CT molecular complexity index is 1120. The molecule has 1 aliphatic heterocycles. The van der Waals surface area contributed by atoms with Crippen molar-refractivity contribution in [2.45, 2.75) is 12.8 Å². The van der Waals surface area contributed by atoms with Gasteiger partial charge in [0.25, 0.3) is 5.91 Å². The zero-order chi connectivity index (χ0) is 21.1. The maximum atomic E-state index is 13.0. The van der Waals surface area contributed by atoms with Gasteiger partial charge in [-0.25, -0.2) is 4.98 Å². The lowest BCUT2D eigenvalue weighted by Crippen LogP contribution is -2.41. The van der Waals surface area contributed by atoms with Crippen LogP contribution in [0, 0.1) is 17.2 Å². The molecule has 1 aliphatic rings. The number of piperidine rings is 1. The second kappa shape index (κ2) is 8.46. The van der Waals surface area contributed by atoms with Crippen LogP contribution in [0.2, 0.25) is 0 Å². The maximum absolute atomic E-state index is 13.0. The van der Waals surface area contributed by atoms with E-state index in [1.165, 1.54) is 0 Å². The summed E-state index contributed by atoms with van der Waals surface area (Å²) in [6.07, 6.45) is 3.86. The molecule has 1 amide bonds. The highest BCUT2D eigenvalue weighted by Crippen LogP contribution is 2.29. The number of likely N-dealkylation sites (tertiary alicyclic amines) is 1. The number of carbonyl (C=O) groups is 1. The lowest BCUT2D eigenvalue weighted by Gasteiger charge is -2.32. The Labute approximate surface area is 175 Å². The van der Waals surface area contributed by atoms with Crippen LogP contribution in [0.4, 0.5) is 0 Å². The monoisotopic (exact) mass is 404 g/mol. The average Bonchev–Trinajstić information content (AvgIpc) is 3.17. The van der Waals surface area contributed by atoms with Gasteiger partial charge in [0.1, 0.15) is 11.3 Å². The Kier molecular flexibility index (Phi) is 5.57. The molecule has 1 unspecified atom stereocenters. The summed E-state index contributed by atoms with van der Waals surface area (Å²) in [7, 11) is 3.48. The number of aromatic nitrogens is 2. The molecule has 30 heavy (non-hydrogen) atoms. The fourth-order valence-corrected chi connectivity index (χ4v) is 3.87. The zero-order valence-corrected chi connectivity index (χ0v) is 17.2. The molecule has 4 rings (SSSR count). The minimum Gasteiger partial charge on any atom is -0.493 e. The summed E-state index contributed by atoms with van der Waals surface area (Å²) in [4.78, 5) is 19.5. The van der Waals surface area contributed by atoms with E-state index in [2.05, 4.69) is 11.1 Å².